The lowest BCUT2D eigenvalue weighted by molar-refractivity contribution is 0.273. The fourth-order valence-corrected chi connectivity index (χ4v) is 5.11. The molecule has 9 heteroatoms. The third kappa shape index (κ3) is 5.76. The third-order valence-corrected chi connectivity index (χ3v) is 6.95. The summed E-state index contributed by atoms with van der Waals surface area (Å²) in [6, 6.07) is 5.60. The Morgan fingerprint density at radius 2 is 2.00 bits per heavy atom. The number of methoxy groups -OCH3 is 1. The van der Waals surface area contributed by atoms with E-state index in [9.17, 15) is 4.39 Å². The highest BCUT2D eigenvalue weighted by atomic mass is 19.1. The number of aliphatic imine (C=N–C) groups is 2. The molecule has 182 valence electrons. The predicted molar refractivity (Wildman–Crippen MR) is 131 cm³/mol. The van der Waals surface area contributed by atoms with E-state index in [-0.39, 0.29) is 5.75 Å². The molecular weight excluding hydrogens is 421 g/mol. The van der Waals surface area contributed by atoms with Gasteiger partial charge in [0.2, 0.25) is 11.9 Å². The Kier molecular flexibility index (Phi) is 8.03. The number of ether oxygens (including phenoxy) is 1. The molecule has 0 radical (unpaired) electrons. The van der Waals surface area contributed by atoms with Crippen molar-refractivity contribution >= 4 is 17.6 Å². The lowest BCUT2D eigenvalue weighted by Crippen LogP contribution is -2.61. The summed E-state index contributed by atoms with van der Waals surface area (Å²) in [6.07, 6.45) is 8.90. The van der Waals surface area contributed by atoms with Gasteiger partial charge in [-0.3, -0.25) is 25.8 Å². The molecule has 0 bridgehead atoms. The Hall–Kier alpha value is -2.39. The average molecular weight is 460 g/mol. The van der Waals surface area contributed by atoms with Gasteiger partial charge in [-0.15, -0.1) is 0 Å². The number of likely N-dealkylation sites (N-methyl/N-ethyl adjacent to an activating group) is 1. The van der Waals surface area contributed by atoms with Crippen molar-refractivity contribution in [2.75, 3.05) is 31.6 Å². The summed E-state index contributed by atoms with van der Waals surface area (Å²) in [5.41, 5.74) is 7.09. The normalized spacial score (nSPS) is 26.1. The smallest absolute Gasteiger partial charge is 0.208 e. The van der Waals surface area contributed by atoms with E-state index in [1.807, 2.05) is 0 Å². The van der Waals surface area contributed by atoms with Crippen LogP contribution in [0.4, 0.5) is 10.1 Å². The first-order valence-corrected chi connectivity index (χ1v) is 12.4. The topological polar surface area (TPSA) is 90.5 Å². The van der Waals surface area contributed by atoms with E-state index in [0.717, 1.165) is 32.4 Å². The lowest BCUT2D eigenvalue weighted by atomic mass is 10.1. The van der Waals surface area contributed by atoms with Crippen LogP contribution in [0.2, 0.25) is 0 Å². The minimum atomic E-state index is -0.711. The van der Waals surface area contributed by atoms with Gasteiger partial charge in [0.15, 0.2) is 17.9 Å². The van der Waals surface area contributed by atoms with Crippen LogP contribution < -0.4 is 26.0 Å². The summed E-state index contributed by atoms with van der Waals surface area (Å²) >= 11 is 0. The van der Waals surface area contributed by atoms with E-state index in [1.165, 1.54) is 45.3 Å². The highest BCUT2D eigenvalue weighted by Crippen LogP contribution is 2.26. The van der Waals surface area contributed by atoms with Gasteiger partial charge in [0.05, 0.1) is 19.3 Å². The van der Waals surface area contributed by atoms with Crippen LogP contribution in [0, 0.1) is 5.82 Å². The Bertz CT molecular complexity index is 853. The molecule has 4 rings (SSSR count). The first-order valence-electron chi connectivity index (χ1n) is 12.4. The number of hydrogen-bond acceptors (Lipinski definition) is 6. The molecule has 1 unspecified atom stereocenters. The van der Waals surface area contributed by atoms with Gasteiger partial charge in [-0.2, -0.15) is 0 Å². The van der Waals surface area contributed by atoms with Gasteiger partial charge in [0.25, 0.3) is 0 Å². The Balaban J connectivity index is 1.58. The number of nitrogens with one attached hydrogen (secondary N) is 2. The highest BCUT2D eigenvalue weighted by Gasteiger charge is 2.30. The third-order valence-electron chi connectivity index (χ3n) is 6.95. The van der Waals surface area contributed by atoms with Crippen LogP contribution in [0.3, 0.4) is 0 Å². The minimum absolute atomic E-state index is 0.194. The Morgan fingerprint density at radius 3 is 2.70 bits per heavy atom. The first kappa shape index (κ1) is 23.8. The number of guanidine groups is 2. The van der Waals surface area contributed by atoms with E-state index < -0.39 is 12.1 Å². The van der Waals surface area contributed by atoms with Crippen molar-refractivity contribution in [1.29, 1.82) is 0 Å². The van der Waals surface area contributed by atoms with Gasteiger partial charge in [-0.25, -0.2) is 9.38 Å². The van der Waals surface area contributed by atoms with E-state index >= 15 is 0 Å². The summed E-state index contributed by atoms with van der Waals surface area (Å²) in [6.45, 7) is 4.98. The fraction of sp³-hybridized carbons (Fsp3) is 0.667. The number of nitrogens with zero attached hydrogens (tertiary/aromatic N) is 4. The molecule has 8 nitrogen and oxygen atoms in total. The standard InChI is InChI=1S/C24H38FN7O/c1-3-31-14-8-11-19(31)16-27-24-30-23(28-17-9-6-4-5-7-10-17)29-22(26)32(24)18-12-13-21(33-2)20(25)15-18/h12-13,15,17,19,22H,3-11,14,16,26H2,1-2H3,(H2,27,28,29,30)/t19-,22?/m1/s1. The number of likely N-dealkylation sites (tertiary alicyclic amines) is 1. The number of nitrogens with two attached hydrogens (primary N) is 1. The van der Waals surface area contributed by atoms with Crippen LogP contribution >= 0.6 is 0 Å². The summed E-state index contributed by atoms with van der Waals surface area (Å²) in [4.78, 5) is 13.8. The summed E-state index contributed by atoms with van der Waals surface area (Å²) in [5, 5.41) is 6.92. The molecule has 1 saturated heterocycles. The zero-order valence-electron chi connectivity index (χ0n) is 19.9. The molecule has 33 heavy (non-hydrogen) atoms. The molecule has 0 spiro atoms. The van der Waals surface area contributed by atoms with Crippen molar-refractivity contribution in [3.8, 4) is 5.75 Å². The second-order valence-electron chi connectivity index (χ2n) is 9.13. The predicted octanol–water partition coefficient (Wildman–Crippen LogP) is 2.99. The molecule has 1 saturated carbocycles. The van der Waals surface area contributed by atoms with Crippen LogP contribution in [0.1, 0.15) is 58.3 Å². The number of anilines is 1. The molecule has 1 aliphatic carbocycles. The molecule has 2 heterocycles. The van der Waals surface area contributed by atoms with Gasteiger partial charge >= 0.3 is 0 Å². The van der Waals surface area contributed by atoms with Crippen molar-refractivity contribution in [2.45, 2.75) is 76.7 Å². The second-order valence-corrected chi connectivity index (χ2v) is 9.13. The van der Waals surface area contributed by atoms with E-state index in [1.54, 1.807) is 17.0 Å². The van der Waals surface area contributed by atoms with Crippen molar-refractivity contribution in [3.05, 3.63) is 24.0 Å². The number of hydrogen-bond donors (Lipinski definition) is 3. The Morgan fingerprint density at radius 1 is 1.21 bits per heavy atom. The van der Waals surface area contributed by atoms with Crippen LogP contribution in [0.15, 0.2) is 28.2 Å². The highest BCUT2D eigenvalue weighted by molar-refractivity contribution is 6.09. The van der Waals surface area contributed by atoms with Crippen LogP contribution in [-0.4, -0.2) is 61.9 Å². The van der Waals surface area contributed by atoms with Crippen molar-refractivity contribution in [1.82, 2.24) is 15.5 Å². The monoisotopic (exact) mass is 459 g/mol. The second kappa shape index (κ2) is 11.2. The van der Waals surface area contributed by atoms with Crippen molar-refractivity contribution in [3.63, 3.8) is 0 Å². The molecule has 2 aliphatic heterocycles. The molecular formula is C24H38FN7O. The number of benzene rings is 1. The molecule has 1 aromatic rings. The van der Waals surface area contributed by atoms with Gasteiger partial charge in [-0.1, -0.05) is 32.6 Å². The molecule has 3 aliphatic rings. The van der Waals surface area contributed by atoms with E-state index in [2.05, 4.69) is 27.4 Å². The maximum Gasteiger partial charge on any atom is 0.208 e. The lowest BCUT2D eigenvalue weighted by Gasteiger charge is -2.36. The zero-order valence-corrected chi connectivity index (χ0v) is 19.9. The van der Waals surface area contributed by atoms with Gasteiger partial charge in [0, 0.05) is 18.2 Å². The maximum absolute atomic E-state index is 14.5. The van der Waals surface area contributed by atoms with Crippen LogP contribution in [0.25, 0.3) is 0 Å². The van der Waals surface area contributed by atoms with Gasteiger partial charge < -0.3 is 10.1 Å². The molecule has 0 amide bonds. The molecule has 2 fully saturated rings. The largest absolute Gasteiger partial charge is 0.494 e. The maximum atomic E-state index is 14.5. The van der Waals surface area contributed by atoms with E-state index in [4.69, 9.17) is 15.5 Å². The molecule has 4 N–H and O–H groups in total. The zero-order chi connectivity index (χ0) is 23.2. The Labute approximate surface area is 196 Å². The van der Waals surface area contributed by atoms with Gasteiger partial charge in [0.1, 0.15) is 0 Å². The van der Waals surface area contributed by atoms with Crippen molar-refractivity contribution in [2.24, 2.45) is 15.7 Å². The summed E-state index contributed by atoms with van der Waals surface area (Å²) < 4.78 is 19.6. The number of rotatable bonds is 6. The molecule has 2 atom stereocenters. The van der Waals surface area contributed by atoms with Gasteiger partial charge in [-0.05, 0) is 50.9 Å². The van der Waals surface area contributed by atoms with Crippen molar-refractivity contribution < 1.29 is 9.13 Å². The first-order chi connectivity index (χ1) is 16.1. The van der Waals surface area contributed by atoms with E-state index in [0.29, 0.717) is 36.2 Å². The van der Waals surface area contributed by atoms with Crippen LogP contribution in [-0.2, 0) is 0 Å². The fourth-order valence-electron chi connectivity index (χ4n) is 5.11. The number of halogens is 1. The quantitative estimate of drug-likeness (QED) is 0.567. The average Bonchev–Trinajstić information content (AvgIpc) is 3.12. The minimum Gasteiger partial charge on any atom is -0.494 e. The summed E-state index contributed by atoms with van der Waals surface area (Å²) in [5.74, 6) is 0.999. The molecule has 0 aromatic heterocycles. The summed E-state index contributed by atoms with van der Waals surface area (Å²) in [7, 11) is 1.45. The van der Waals surface area contributed by atoms with Crippen LogP contribution in [0.5, 0.6) is 5.75 Å². The molecule has 1 aromatic carbocycles. The SMILES string of the molecule is CCN1CCC[C@@H]1CN=C1NC(NC2CCCCCC2)=NC(N)N1c1ccc(OC)c(F)c1.